The lowest BCUT2D eigenvalue weighted by Crippen LogP contribution is -2.30. The van der Waals surface area contributed by atoms with Crippen molar-refractivity contribution in [3.05, 3.63) is 83.7 Å². The molecule has 110 valence electrons. The van der Waals surface area contributed by atoms with E-state index in [1.54, 1.807) is 17.9 Å². The molecule has 0 radical (unpaired) electrons. The van der Waals surface area contributed by atoms with Gasteiger partial charge < -0.3 is 9.42 Å². The summed E-state index contributed by atoms with van der Waals surface area (Å²) in [7, 11) is 0. The van der Waals surface area contributed by atoms with E-state index in [-0.39, 0.29) is 5.91 Å². The molecule has 0 saturated carbocycles. The fourth-order valence-electron chi connectivity index (χ4n) is 2.26. The molecule has 0 fully saturated rings. The first-order valence-electron chi connectivity index (χ1n) is 7.08. The lowest BCUT2D eigenvalue weighted by Gasteiger charge is -2.22. The van der Waals surface area contributed by atoms with Gasteiger partial charge in [-0.2, -0.15) is 0 Å². The minimum Gasteiger partial charge on any atom is -0.361 e. The second-order valence-electron chi connectivity index (χ2n) is 5.04. The number of hydrogen-bond acceptors (Lipinski definition) is 3. The first-order chi connectivity index (χ1) is 10.7. The predicted molar refractivity (Wildman–Crippen MR) is 84.6 cm³/mol. The quantitative estimate of drug-likeness (QED) is 0.734. The van der Waals surface area contributed by atoms with Crippen molar-refractivity contribution >= 4 is 11.6 Å². The highest BCUT2D eigenvalue weighted by Gasteiger charge is 2.21. The van der Waals surface area contributed by atoms with Gasteiger partial charge in [0.15, 0.2) is 5.69 Å². The number of rotatable bonds is 4. The van der Waals surface area contributed by atoms with Gasteiger partial charge in [-0.1, -0.05) is 53.7 Å². The highest BCUT2D eigenvalue weighted by atomic mass is 16.5. The van der Waals surface area contributed by atoms with E-state index in [2.05, 4.69) is 5.16 Å². The Morgan fingerprint density at radius 1 is 1.05 bits per heavy atom. The molecule has 0 saturated heterocycles. The van der Waals surface area contributed by atoms with Gasteiger partial charge >= 0.3 is 0 Å². The number of aromatic nitrogens is 1. The lowest BCUT2D eigenvalue weighted by molar-refractivity contribution is 0.0976. The SMILES string of the molecule is Cc1cc(C(=O)N(Cc2ccccc2)c2ccccc2)no1. The molecule has 0 aliphatic carbocycles. The number of para-hydroxylation sites is 1. The molecule has 1 heterocycles. The number of aryl methyl sites for hydroxylation is 1. The standard InChI is InChI=1S/C18H16N2O2/c1-14-12-17(19-22-14)18(21)20(16-10-6-3-7-11-16)13-15-8-4-2-5-9-15/h2-12H,13H2,1H3. The number of hydrogen-bond donors (Lipinski definition) is 0. The van der Waals surface area contributed by atoms with Gasteiger partial charge in [0.1, 0.15) is 5.76 Å². The van der Waals surface area contributed by atoms with Gasteiger partial charge in [0.2, 0.25) is 0 Å². The van der Waals surface area contributed by atoms with Crippen molar-refractivity contribution in [2.75, 3.05) is 4.90 Å². The Bertz CT molecular complexity index is 751. The molecule has 0 atom stereocenters. The van der Waals surface area contributed by atoms with Crippen LogP contribution in [0, 0.1) is 6.92 Å². The van der Waals surface area contributed by atoms with Crippen LogP contribution in [0.25, 0.3) is 0 Å². The molecule has 0 aliphatic heterocycles. The molecule has 2 aromatic carbocycles. The molecular formula is C18H16N2O2. The molecule has 4 nitrogen and oxygen atoms in total. The summed E-state index contributed by atoms with van der Waals surface area (Å²) in [6.45, 7) is 2.25. The third-order valence-corrected chi connectivity index (χ3v) is 3.34. The van der Waals surface area contributed by atoms with Crippen LogP contribution < -0.4 is 4.90 Å². The maximum atomic E-state index is 12.8. The van der Waals surface area contributed by atoms with E-state index >= 15 is 0 Å². The molecule has 4 heteroatoms. The summed E-state index contributed by atoms with van der Waals surface area (Å²) in [6.07, 6.45) is 0. The highest BCUT2D eigenvalue weighted by molar-refractivity contribution is 6.04. The van der Waals surface area contributed by atoms with Gasteiger partial charge in [-0.15, -0.1) is 0 Å². The van der Waals surface area contributed by atoms with E-state index < -0.39 is 0 Å². The first kappa shape index (κ1) is 14.1. The Kier molecular flexibility index (Phi) is 4.01. The van der Waals surface area contributed by atoms with Crippen LogP contribution in [0.3, 0.4) is 0 Å². The van der Waals surface area contributed by atoms with Gasteiger partial charge in [0.25, 0.3) is 5.91 Å². The molecule has 0 N–H and O–H groups in total. The number of carbonyl (C=O) groups excluding carboxylic acids is 1. The highest BCUT2D eigenvalue weighted by Crippen LogP contribution is 2.20. The van der Waals surface area contributed by atoms with Crippen molar-refractivity contribution < 1.29 is 9.32 Å². The minimum absolute atomic E-state index is 0.174. The summed E-state index contributed by atoms with van der Waals surface area (Å²) in [5.41, 5.74) is 2.20. The largest absolute Gasteiger partial charge is 0.361 e. The van der Waals surface area contributed by atoms with Crippen LogP contribution in [0.2, 0.25) is 0 Å². The molecule has 3 rings (SSSR count). The van der Waals surface area contributed by atoms with Gasteiger partial charge in [0.05, 0.1) is 6.54 Å². The molecule has 1 amide bonds. The smallest absolute Gasteiger partial charge is 0.280 e. The third-order valence-electron chi connectivity index (χ3n) is 3.34. The van der Waals surface area contributed by atoms with Gasteiger partial charge in [-0.3, -0.25) is 4.79 Å². The molecule has 1 aromatic heterocycles. The van der Waals surface area contributed by atoms with E-state index in [1.165, 1.54) is 0 Å². The fraction of sp³-hybridized carbons (Fsp3) is 0.111. The maximum Gasteiger partial charge on any atom is 0.280 e. The summed E-state index contributed by atoms with van der Waals surface area (Å²) in [5.74, 6) is 0.447. The Morgan fingerprint density at radius 3 is 2.27 bits per heavy atom. The maximum absolute atomic E-state index is 12.8. The van der Waals surface area contributed by atoms with Gasteiger partial charge in [0, 0.05) is 11.8 Å². The summed E-state index contributed by atoms with van der Waals surface area (Å²) in [4.78, 5) is 14.5. The Labute approximate surface area is 129 Å². The lowest BCUT2D eigenvalue weighted by atomic mass is 10.2. The van der Waals surface area contributed by atoms with Gasteiger partial charge in [-0.25, -0.2) is 0 Å². The topological polar surface area (TPSA) is 46.3 Å². The van der Waals surface area contributed by atoms with E-state index in [0.717, 1.165) is 11.3 Å². The Balaban J connectivity index is 1.94. The van der Waals surface area contributed by atoms with Crippen LogP contribution >= 0.6 is 0 Å². The molecule has 22 heavy (non-hydrogen) atoms. The second-order valence-corrected chi connectivity index (χ2v) is 5.04. The van der Waals surface area contributed by atoms with Crippen molar-refractivity contribution in [3.8, 4) is 0 Å². The summed E-state index contributed by atoms with van der Waals surface area (Å²) < 4.78 is 5.02. The summed E-state index contributed by atoms with van der Waals surface area (Å²) in [5, 5.41) is 3.84. The zero-order valence-corrected chi connectivity index (χ0v) is 12.3. The number of benzene rings is 2. The zero-order valence-electron chi connectivity index (χ0n) is 12.3. The Morgan fingerprint density at radius 2 is 1.68 bits per heavy atom. The average Bonchev–Trinajstić information content (AvgIpc) is 3.00. The third kappa shape index (κ3) is 3.06. The van der Waals surface area contributed by atoms with Crippen molar-refractivity contribution in [1.29, 1.82) is 0 Å². The molecule has 0 unspecified atom stereocenters. The normalized spacial score (nSPS) is 10.4. The second kappa shape index (κ2) is 6.26. The molecule has 0 bridgehead atoms. The van der Waals surface area contributed by atoms with E-state index in [4.69, 9.17) is 4.52 Å². The van der Waals surface area contributed by atoms with Crippen LogP contribution in [0.15, 0.2) is 71.3 Å². The van der Waals surface area contributed by atoms with Gasteiger partial charge in [-0.05, 0) is 24.6 Å². The molecule has 3 aromatic rings. The van der Waals surface area contributed by atoms with Crippen LogP contribution in [-0.2, 0) is 6.54 Å². The predicted octanol–water partition coefficient (Wildman–Crippen LogP) is 3.83. The Hall–Kier alpha value is -2.88. The monoisotopic (exact) mass is 292 g/mol. The number of nitrogens with zero attached hydrogens (tertiary/aromatic N) is 2. The van der Waals surface area contributed by atoms with Crippen LogP contribution in [0.4, 0.5) is 5.69 Å². The number of carbonyl (C=O) groups is 1. The van der Waals surface area contributed by atoms with Crippen molar-refractivity contribution in [3.63, 3.8) is 0 Å². The first-order valence-corrected chi connectivity index (χ1v) is 7.08. The van der Waals surface area contributed by atoms with Crippen LogP contribution in [-0.4, -0.2) is 11.1 Å². The van der Waals surface area contributed by atoms with E-state index in [9.17, 15) is 4.79 Å². The summed E-state index contributed by atoms with van der Waals surface area (Å²) >= 11 is 0. The number of amides is 1. The number of anilines is 1. The zero-order chi connectivity index (χ0) is 15.4. The van der Waals surface area contributed by atoms with Crippen molar-refractivity contribution in [1.82, 2.24) is 5.16 Å². The van der Waals surface area contributed by atoms with Crippen molar-refractivity contribution in [2.24, 2.45) is 0 Å². The average molecular weight is 292 g/mol. The van der Waals surface area contributed by atoms with Crippen LogP contribution in [0.1, 0.15) is 21.8 Å². The molecular weight excluding hydrogens is 276 g/mol. The van der Waals surface area contributed by atoms with Crippen molar-refractivity contribution in [2.45, 2.75) is 13.5 Å². The van der Waals surface area contributed by atoms with E-state index in [0.29, 0.717) is 18.0 Å². The molecule has 0 aliphatic rings. The minimum atomic E-state index is -0.174. The van der Waals surface area contributed by atoms with Crippen LogP contribution in [0.5, 0.6) is 0 Å². The van der Waals surface area contributed by atoms with E-state index in [1.807, 2.05) is 60.7 Å². The summed E-state index contributed by atoms with van der Waals surface area (Å²) in [6, 6.07) is 21.1. The fourth-order valence-corrected chi connectivity index (χ4v) is 2.26. The molecule has 0 spiro atoms.